The van der Waals surface area contributed by atoms with E-state index in [4.69, 9.17) is 0 Å². The van der Waals surface area contributed by atoms with Crippen LogP contribution in [0.1, 0.15) is 50.1 Å². The van der Waals surface area contributed by atoms with Crippen LogP contribution in [0.3, 0.4) is 0 Å². The number of rotatable bonds is 2. The summed E-state index contributed by atoms with van der Waals surface area (Å²) in [5, 5.41) is 7.68. The maximum absolute atomic E-state index is 12.3. The summed E-state index contributed by atoms with van der Waals surface area (Å²) in [6, 6.07) is 2.60. The molecule has 20 heavy (non-hydrogen) atoms. The Hall–Kier alpha value is -1.52. The highest BCUT2D eigenvalue weighted by Crippen LogP contribution is 2.26. The second-order valence-corrected chi connectivity index (χ2v) is 6.13. The van der Waals surface area contributed by atoms with Gasteiger partial charge in [0, 0.05) is 38.3 Å². The zero-order chi connectivity index (χ0) is 13.9. The predicted molar refractivity (Wildman–Crippen MR) is 77.5 cm³/mol. The van der Waals surface area contributed by atoms with Crippen LogP contribution in [-0.4, -0.2) is 39.8 Å². The van der Waals surface area contributed by atoms with Crippen molar-refractivity contribution in [3.05, 3.63) is 18.0 Å². The van der Waals surface area contributed by atoms with Crippen LogP contribution in [0.2, 0.25) is 0 Å². The van der Waals surface area contributed by atoms with Crippen molar-refractivity contribution in [1.29, 1.82) is 0 Å². The fraction of sp³-hybridized carbons (Fsp3) is 0.733. The number of hydrogen-bond donors (Lipinski definition) is 1. The zero-order valence-electron chi connectivity index (χ0n) is 12.2. The van der Waals surface area contributed by atoms with Gasteiger partial charge in [-0.25, -0.2) is 4.79 Å². The molecule has 2 amide bonds. The molecule has 110 valence electrons. The van der Waals surface area contributed by atoms with Crippen LogP contribution in [0.5, 0.6) is 0 Å². The number of piperidine rings is 1. The maximum Gasteiger partial charge on any atom is 0.317 e. The van der Waals surface area contributed by atoms with Gasteiger partial charge in [0.15, 0.2) is 0 Å². The molecule has 1 aromatic heterocycles. The second-order valence-electron chi connectivity index (χ2n) is 6.13. The first kappa shape index (κ1) is 13.5. The Bertz CT molecular complexity index is 464. The number of nitrogens with one attached hydrogen (secondary N) is 1. The van der Waals surface area contributed by atoms with Gasteiger partial charge in [-0.05, 0) is 31.7 Å². The number of nitrogens with zero attached hydrogens (tertiary/aromatic N) is 3. The summed E-state index contributed by atoms with van der Waals surface area (Å²) in [4.78, 5) is 14.3. The lowest BCUT2D eigenvalue weighted by molar-refractivity contribution is 0.175. The van der Waals surface area contributed by atoms with Crippen LogP contribution in [0.15, 0.2) is 12.3 Å². The molecule has 2 fully saturated rings. The van der Waals surface area contributed by atoms with E-state index in [1.54, 1.807) is 0 Å². The molecule has 1 aliphatic carbocycles. The zero-order valence-corrected chi connectivity index (χ0v) is 12.2. The molecule has 1 unspecified atom stereocenters. The van der Waals surface area contributed by atoms with E-state index in [9.17, 15) is 4.79 Å². The van der Waals surface area contributed by atoms with Crippen LogP contribution < -0.4 is 5.32 Å². The van der Waals surface area contributed by atoms with E-state index >= 15 is 0 Å². The molecule has 1 N–H and O–H groups in total. The van der Waals surface area contributed by atoms with E-state index in [0.717, 1.165) is 44.5 Å². The Morgan fingerprint density at radius 3 is 2.80 bits per heavy atom. The molecule has 1 atom stereocenters. The van der Waals surface area contributed by atoms with Crippen LogP contribution in [0, 0.1) is 0 Å². The molecule has 0 bridgehead atoms. The van der Waals surface area contributed by atoms with Gasteiger partial charge in [-0.3, -0.25) is 4.68 Å². The highest BCUT2D eigenvalue weighted by atomic mass is 16.2. The molecule has 1 saturated heterocycles. The van der Waals surface area contributed by atoms with Crippen LogP contribution in [-0.2, 0) is 7.05 Å². The van der Waals surface area contributed by atoms with E-state index in [0.29, 0.717) is 12.0 Å². The first-order valence-electron chi connectivity index (χ1n) is 7.77. The van der Waals surface area contributed by atoms with Gasteiger partial charge in [0.2, 0.25) is 0 Å². The largest absolute Gasteiger partial charge is 0.335 e. The molecule has 2 aliphatic rings. The van der Waals surface area contributed by atoms with E-state index in [1.165, 1.54) is 12.8 Å². The van der Waals surface area contributed by atoms with Gasteiger partial charge in [0.1, 0.15) is 0 Å². The van der Waals surface area contributed by atoms with E-state index < -0.39 is 0 Å². The van der Waals surface area contributed by atoms with Crippen molar-refractivity contribution in [2.45, 2.75) is 50.5 Å². The summed E-state index contributed by atoms with van der Waals surface area (Å²) < 4.78 is 1.84. The molecule has 5 heteroatoms. The average Bonchev–Trinajstić information content (AvgIpc) is 3.10. The summed E-state index contributed by atoms with van der Waals surface area (Å²) in [5.41, 5.74) is 1.12. The van der Waals surface area contributed by atoms with Gasteiger partial charge in [-0.15, -0.1) is 0 Å². The number of aryl methyl sites for hydroxylation is 1. The van der Waals surface area contributed by atoms with Crippen molar-refractivity contribution in [3.63, 3.8) is 0 Å². The fourth-order valence-corrected chi connectivity index (χ4v) is 3.39. The topological polar surface area (TPSA) is 50.2 Å². The number of likely N-dealkylation sites (tertiary alicyclic amines) is 1. The van der Waals surface area contributed by atoms with Crippen molar-refractivity contribution in [1.82, 2.24) is 20.0 Å². The molecular weight excluding hydrogens is 252 g/mol. The molecule has 3 rings (SSSR count). The summed E-state index contributed by atoms with van der Waals surface area (Å²) in [5.74, 6) is 0.388. The number of urea groups is 1. The molecule has 0 spiro atoms. The highest BCUT2D eigenvalue weighted by molar-refractivity contribution is 5.74. The SMILES string of the molecule is Cn1ccc(C2CCCN(C(=O)NC3CCCC3)C2)n1. The standard InChI is InChI=1S/C15H24N4O/c1-18-10-8-14(17-18)12-5-4-9-19(11-12)15(20)16-13-6-2-3-7-13/h8,10,12-13H,2-7,9,11H2,1H3,(H,16,20). The van der Waals surface area contributed by atoms with Gasteiger partial charge in [0.05, 0.1) is 5.69 Å². The van der Waals surface area contributed by atoms with Gasteiger partial charge < -0.3 is 10.2 Å². The Morgan fingerprint density at radius 1 is 1.30 bits per heavy atom. The molecule has 1 aliphatic heterocycles. The monoisotopic (exact) mass is 276 g/mol. The molecule has 1 aromatic rings. The number of amides is 2. The maximum atomic E-state index is 12.3. The second kappa shape index (κ2) is 5.85. The van der Waals surface area contributed by atoms with E-state index in [-0.39, 0.29) is 6.03 Å². The highest BCUT2D eigenvalue weighted by Gasteiger charge is 2.27. The lowest BCUT2D eigenvalue weighted by atomic mass is 9.95. The Balaban J connectivity index is 1.58. The Labute approximate surface area is 120 Å². The summed E-state index contributed by atoms with van der Waals surface area (Å²) >= 11 is 0. The Kier molecular flexibility index (Phi) is 3.94. The minimum atomic E-state index is 0.123. The van der Waals surface area contributed by atoms with Gasteiger partial charge >= 0.3 is 6.03 Å². The fourth-order valence-electron chi connectivity index (χ4n) is 3.39. The van der Waals surface area contributed by atoms with Crippen molar-refractivity contribution >= 4 is 6.03 Å². The minimum Gasteiger partial charge on any atom is -0.335 e. The first-order chi connectivity index (χ1) is 9.72. The lowest BCUT2D eigenvalue weighted by Gasteiger charge is -2.32. The van der Waals surface area contributed by atoms with Gasteiger partial charge in [0.25, 0.3) is 0 Å². The quantitative estimate of drug-likeness (QED) is 0.900. The normalized spacial score (nSPS) is 24.1. The third-order valence-electron chi connectivity index (χ3n) is 4.54. The summed E-state index contributed by atoms with van der Waals surface area (Å²) in [7, 11) is 1.94. The number of hydrogen-bond acceptors (Lipinski definition) is 2. The smallest absolute Gasteiger partial charge is 0.317 e. The molecular formula is C15H24N4O. The van der Waals surface area contributed by atoms with Crippen LogP contribution in [0.4, 0.5) is 4.79 Å². The van der Waals surface area contributed by atoms with Crippen molar-refractivity contribution < 1.29 is 4.79 Å². The number of aromatic nitrogens is 2. The predicted octanol–water partition coefficient (Wildman–Crippen LogP) is 2.25. The molecule has 1 saturated carbocycles. The third-order valence-corrected chi connectivity index (χ3v) is 4.54. The van der Waals surface area contributed by atoms with Crippen molar-refractivity contribution in [2.75, 3.05) is 13.1 Å². The van der Waals surface area contributed by atoms with Crippen LogP contribution >= 0.6 is 0 Å². The molecule has 5 nitrogen and oxygen atoms in total. The van der Waals surface area contributed by atoms with E-state index in [2.05, 4.69) is 16.5 Å². The minimum absolute atomic E-state index is 0.123. The van der Waals surface area contributed by atoms with Gasteiger partial charge in [-0.2, -0.15) is 5.10 Å². The third kappa shape index (κ3) is 2.97. The Morgan fingerprint density at radius 2 is 2.10 bits per heavy atom. The molecule has 0 radical (unpaired) electrons. The van der Waals surface area contributed by atoms with Crippen molar-refractivity contribution in [2.24, 2.45) is 7.05 Å². The van der Waals surface area contributed by atoms with Gasteiger partial charge in [-0.1, -0.05) is 12.8 Å². The number of carbonyl (C=O) groups excluding carboxylic acids is 1. The van der Waals surface area contributed by atoms with Crippen molar-refractivity contribution in [3.8, 4) is 0 Å². The van der Waals surface area contributed by atoms with E-state index in [1.807, 2.05) is 22.8 Å². The molecule has 2 heterocycles. The number of carbonyl (C=O) groups is 1. The van der Waals surface area contributed by atoms with Crippen LogP contribution in [0.25, 0.3) is 0 Å². The summed E-state index contributed by atoms with van der Waals surface area (Å²) in [6.45, 7) is 1.68. The first-order valence-corrected chi connectivity index (χ1v) is 7.77. The summed E-state index contributed by atoms with van der Waals surface area (Å²) in [6.07, 6.45) is 8.96. The molecule has 0 aromatic carbocycles. The lowest BCUT2D eigenvalue weighted by Crippen LogP contribution is -2.47. The average molecular weight is 276 g/mol.